The number of nitrogens with zero attached hydrogens (tertiary/aromatic N) is 3. The molecule has 0 unspecified atom stereocenters. The van der Waals surface area contributed by atoms with E-state index in [2.05, 4.69) is 5.32 Å². The Bertz CT molecular complexity index is 1010. The van der Waals surface area contributed by atoms with Crippen LogP contribution >= 0.6 is 0 Å². The summed E-state index contributed by atoms with van der Waals surface area (Å²) in [5, 5.41) is 2.96. The van der Waals surface area contributed by atoms with E-state index < -0.39 is 0 Å². The minimum atomic E-state index is -0.114. The molecule has 7 heteroatoms. The zero-order chi connectivity index (χ0) is 24.1. The van der Waals surface area contributed by atoms with Crippen molar-refractivity contribution < 1.29 is 14.3 Å². The number of urea groups is 1. The van der Waals surface area contributed by atoms with Crippen molar-refractivity contribution in [2.45, 2.75) is 63.8 Å². The van der Waals surface area contributed by atoms with Crippen molar-refractivity contribution in [1.82, 2.24) is 14.8 Å². The highest BCUT2D eigenvalue weighted by molar-refractivity contribution is 5.95. The average molecular weight is 465 g/mol. The Hall–Kier alpha value is -3.09. The van der Waals surface area contributed by atoms with Crippen LogP contribution in [0.4, 0.5) is 10.5 Å². The Labute approximate surface area is 202 Å². The fourth-order valence-electron chi connectivity index (χ4n) is 5.15. The number of nitrogens with one attached hydrogen (secondary N) is 1. The average Bonchev–Trinajstić information content (AvgIpc) is 2.88. The predicted molar refractivity (Wildman–Crippen MR) is 134 cm³/mol. The molecular formula is C27H36N4O3. The molecule has 1 N–H and O–H groups in total. The minimum Gasteiger partial charge on any atom is -0.497 e. The maximum atomic E-state index is 13.4. The van der Waals surface area contributed by atoms with E-state index in [0.29, 0.717) is 30.6 Å². The van der Waals surface area contributed by atoms with Crippen LogP contribution in [0.15, 0.2) is 36.4 Å². The van der Waals surface area contributed by atoms with Crippen molar-refractivity contribution in [3.05, 3.63) is 53.3 Å². The maximum Gasteiger partial charge on any atom is 0.321 e. The highest BCUT2D eigenvalue weighted by Crippen LogP contribution is 2.31. The summed E-state index contributed by atoms with van der Waals surface area (Å²) in [6, 6.07) is 11.4. The van der Waals surface area contributed by atoms with Gasteiger partial charge in [-0.05, 0) is 56.9 Å². The molecule has 0 radical (unpaired) electrons. The molecule has 0 bridgehead atoms. The standard InChI is InChI=1S/C27H36N4O3/c1-19-12-13-24(26(32)30(2)22-9-5-4-6-10-22)25(28-19)20-14-16-31(17-15-20)27(33)29-21-8-7-11-23(18-21)34-3/h7-8,11-13,18,20,22H,4-6,9-10,14-17H2,1-3H3,(H,29,33). The maximum absolute atomic E-state index is 13.4. The number of aryl methyl sites for hydroxylation is 1. The molecule has 1 aliphatic heterocycles. The number of aromatic nitrogens is 1. The van der Waals surface area contributed by atoms with Crippen LogP contribution in [0, 0.1) is 6.92 Å². The highest BCUT2D eigenvalue weighted by atomic mass is 16.5. The Balaban J connectivity index is 1.42. The van der Waals surface area contributed by atoms with Gasteiger partial charge >= 0.3 is 6.03 Å². The Morgan fingerprint density at radius 3 is 2.50 bits per heavy atom. The minimum absolute atomic E-state index is 0.0765. The summed E-state index contributed by atoms with van der Waals surface area (Å²) < 4.78 is 5.24. The van der Waals surface area contributed by atoms with Gasteiger partial charge in [0.1, 0.15) is 5.75 Å². The number of rotatable bonds is 5. The molecule has 7 nitrogen and oxygen atoms in total. The second-order valence-electron chi connectivity index (χ2n) is 9.52. The molecule has 3 amide bonds. The van der Waals surface area contributed by atoms with Crippen molar-refractivity contribution in [3.63, 3.8) is 0 Å². The summed E-state index contributed by atoms with van der Waals surface area (Å²) in [6.45, 7) is 3.23. The number of piperidine rings is 1. The first-order chi connectivity index (χ1) is 16.5. The Morgan fingerprint density at radius 1 is 1.06 bits per heavy atom. The molecular weight excluding hydrogens is 428 g/mol. The van der Waals surface area contributed by atoms with Crippen LogP contribution in [-0.4, -0.2) is 60.0 Å². The number of methoxy groups -OCH3 is 1. The summed E-state index contributed by atoms with van der Waals surface area (Å²) in [5.74, 6) is 0.949. The fourth-order valence-corrected chi connectivity index (χ4v) is 5.15. The van der Waals surface area contributed by atoms with E-state index in [-0.39, 0.29) is 17.9 Å². The molecule has 34 heavy (non-hydrogen) atoms. The highest BCUT2D eigenvalue weighted by Gasteiger charge is 2.30. The van der Waals surface area contributed by atoms with Gasteiger partial charge in [-0.2, -0.15) is 0 Å². The molecule has 0 atom stereocenters. The molecule has 2 heterocycles. The molecule has 1 aliphatic carbocycles. The van der Waals surface area contributed by atoms with Crippen molar-refractivity contribution >= 4 is 17.6 Å². The number of anilines is 1. The molecule has 0 spiro atoms. The summed E-state index contributed by atoms with van der Waals surface area (Å²) in [6.07, 6.45) is 7.38. The normalized spacial score (nSPS) is 17.3. The number of likely N-dealkylation sites (tertiary alicyclic amines) is 1. The third kappa shape index (κ3) is 5.51. The van der Waals surface area contributed by atoms with E-state index in [0.717, 1.165) is 42.6 Å². The molecule has 2 aliphatic rings. The van der Waals surface area contributed by atoms with Gasteiger partial charge in [-0.1, -0.05) is 25.3 Å². The molecule has 4 rings (SSSR count). The quantitative estimate of drug-likeness (QED) is 0.659. The van der Waals surface area contributed by atoms with Crippen molar-refractivity contribution in [1.29, 1.82) is 0 Å². The van der Waals surface area contributed by atoms with Gasteiger partial charge in [0.25, 0.3) is 5.91 Å². The number of hydrogen-bond acceptors (Lipinski definition) is 4. The predicted octanol–water partition coefficient (Wildman–Crippen LogP) is 5.21. The number of carbonyl (C=O) groups excluding carboxylic acids is 2. The zero-order valence-electron chi connectivity index (χ0n) is 20.5. The van der Waals surface area contributed by atoms with Gasteiger partial charge < -0.3 is 19.9 Å². The van der Waals surface area contributed by atoms with Gasteiger partial charge in [0.05, 0.1) is 18.4 Å². The Morgan fingerprint density at radius 2 is 1.79 bits per heavy atom. The first kappa shape index (κ1) is 24.0. The van der Waals surface area contributed by atoms with Gasteiger partial charge in [0.15, 0.2) is 0 Å². The van der Waals surface area contributed by atoms with Crippen molar-refractivity contribution in [2.75, 3.05) is 32.6 Å². The van der Waals surface area contributed by atoms with Gasteiger partial charge in [-0.25, -0.2) is 4.79 Å². The first-order valence-electron chi connectivity index (χ1n) is 12.4. The SMILES string of the molecule is COc1cccc(NC(=O)N2CCC(c3nc(C)ccc3C(=O)N(C)C3CCCCC3)CC2)c1. The molecule has 1 saturated carbocycles. The monoisotopic (exact) mass is 464 g/mol. The van der Waals surface area contributed by atoms with Crippen molar-refractivity contribution in [2.24, 2.45) is 0 Å². The van der Waals surface area contributed by atoms with Crippen LogP contribution in [0.25, 0.3) is 0 Å². The van der Waals surface area contributed by atoms with Crippen molar-refractivity contribution in [3.8, 4) is 5.75 Å². The van der Waals surface area contributed by atoms with Crippen LogP contribution in [0.3, 0.4) is 0 Å². The van der Waals surface area contributed by atoms with Crippen LogP contribution in [0.5, 0.6) is 5.75 Å². The van der Waals surface area contributed by atoms with Gasteiger partial charge in [-0.15, -0.1) is 0 Å². The first-order valence-corrected chi connectivity index (χ1v) is 12.4. The third-order valence-electron chi connectivity index (χ3n) is 7.23. The number of hydrogen-bond donors (Lipinski definition) is 1. The van der Waals surface area contributed by atoms with E-state index in [1.807, 2.05) is 60.2 Å². The molecule has 1 aromatic heterocycles. The fraction of sp³-hybridized carbons (Fsp3) is 0.519. The van der Waals surface area contributed by atoms with Gasteiger partial charge in [0.2, 0.25) is 0 Å². The topological polar surface area (TPSA) is 74.8 Å². The largest absolute Gasteiger partial charge is 0.497 e. The lowest BCUT2D eigenvalue weighted by Gasteiger charge is -2.34. The second-order valence-corrected chi connectivity index (χ2v) is 9.52. The smallest absolute Gasteiger partial charge is 0.321 e. The molecule has 2 aromatic rings. The lowest BCUT2D eigenvalue weighted by Crippen LogP contribution is -2.41. The lowest BCUT2D eigenvalue weighted by atomic mass is 9.89. The summed E-state index contributed by atoms with van der Waals surface area (Å²) >= 11 is 0. The molecule has 1 saturated heterocycles. The molecule has 1 aromatic carbocycles. The van der Waals surface area contributed by atoms with E-state index in [9.17, 15) is 9.59 Å². The number of benzene rings is 1. The van der Waals surface area contributed by atoms with Crippen LogP contribution < -0.4 is 10.1 Å². The third-order valence-corrected chi connectivity index (χ3v) is 7.23. The van der Waals surface area contributed by atoms with Gasteiger partial charge in [0, 0.05) is 49.5 Å². The van der Waals surface area contributed by atoms with Crippen LogP contribution in [0.1, 0.15) is 72.6 Å². The van der Waals surface area contributed by atoms with E-state index in [4.69, 9.17) is 9.72 Å². The van der Waals surface area contributed by atoms with E-state index in [1.54, 1.807) is 7.11 Å². The van der Waals surface area contributed by atoms with E-state index >= 15 is 0 Å². The summed E-state index contributed by atoms with van der Waals surface area (Å²) in [5.41, 5.74) is 3.24. The Kier molecular flexibility index (Phi) is 7.70. The molecule has 182 valence electrons. The number of amides is 3. The lowest BCUT2D eigenvalue weighted by molar-refractivity contribution is 0.0693. The number of ether oxygens (including phenoxy) is 1. The molecule has 2 fully saturated rings. The summed E-state index contributed by atoms with van der Waals surface area (Å²) in [4.78, 5) is 34.8. The van der Waals surface area contributed by atoms with Crippen LogP contribution in [0.2, 0.25) is 0 Å². The van der Waals surface area contributed by atoms with E-state index in [1.165, 1.54) is 19.3 Å². The second kappa shape index (κ2) is 10.9. The number of carbonyl (C=O) groups is 2. The zero-order valence-corrected chi connectivity index (χ0v) is 20.5. The van der Waals surface area contributed by atoms with Gasteiger partial charge in [-0.3, -0.25) is 9.78 Å². The van der Waals surface area contributed by atoms with Crippen LogP contribution in [-0.2, 0) is 0 Å². The summed E-state index contributed by atoms with van der Waals surface area (Å²) in [7, 11) is 3.55. The number of pyridine rings is 1.